The molecule has 100 valence electrons. The van der Waals surface area contributed by atoms with Gasteiger partial charge in [-0.2, -0.15) is 4.98 Å². The standard InChI is InChI=1S/C14H11ClN4O/c15-11-3-1-9(2-4-11)7-13-18-14(20-19-13)10-5-6-17-12(16)8-10/h1-6,8H,7H2,(H2,16,17). The number of anilines is 1. The van der Waals surface area contributed by atoms with Crippen LogP contribution < -0.4 is 5.73 Å². The molecular weight excluding hydrogens is 276 g/mol. The van der Waals surface area contributed by atoms with Crippen molar-refractivity contribution in [3.05, 3.63) is 59.0 Å². The smallest absolute Gasteiger partial charge is 0.258 e. The van der Waals surface area contributed by atoms with Gasteiger partial charge in [-0.3, -0.25) is 0 Å². The predicted molar refractivity (Wildman–Crippen MR) is 76.2 cm³/mol. The number of rotatable bonds is 3. The number of hydrogen-bond donors (Lipinski definition) is 1. The minimum Gasteiger partial charge on any atom is -0.384 e. The lowest BCUT2D eigenvalue weighted by atomic mass is 10.1. The maximum atomic E-state index is 5.85. The average molecular weight is 287 g/mol. The van der Waals surface area contributed by atoms with E-state index in [-0.39, 0.29) is 0 Å². The van der Waals surface area contributed by atoms with Crippen LogP contribution in [0.2, 0.25) is 5.02 Å². The Labute approximate surface area is 120 Å². The fourth-order valence-electron chi connectivity index (χ4n) is 1.81. The van der Waals surface area contributed by atoms with E-state index < -0.39 is 0 Å². The topological polar surface area (TPSA) is 77.8 Å². The van der Waals surface area contributed by atoms with Gasteiger partial charge in [0.1, 0.15) is 5.82 Å². The van der Waals surface area contributed by atoms with Crippen molar-refractivity contribution in [1.82, 2.24) is 15.1 Å². The van der Waals surface area contributed by atoms with Crippen LogP contribution in [-0.2, 0) is 6.42 Å². The Morgan fingerprint density at radius 3 is 2.70 bits per heavy atom. The first-order valence-corrected chi connectivity index (χ1v) is 6.37. The van der Waals surface area contributed by atoms with Crippen molar-refractivity contribution in [3.63, 3.8) is 0 Å². The molecule has 0 fully saturated rings. The Morgan fingerprint density at radius 2 is 1.95 bits per heavy atom. The molecule has 3 aromatic rings. The predicted octanol–water partition coefficient (Wildman–Crippen LogP) is 2.96. The third kappa shape index (κ3) is 2.78. The zero-order valence-corrected chi connectivity index (χ0v) is 11.2. The molecule has 2 aromatic heterocycles. The maximum Gasteiger partial charge on any atom is 0.258 e. The van der Waals surface area contributed by atoms with Crippen molar-refractivity contribution in [3.8, 4) is 11.5 Å². The Kier molecular flexibility index (Phi) is 3.35. The summed E-state index contributed by atoms with van der Waals surface area (Å²) in [7, 11) is 0. The zero-order chi connectivity index (χ0) is 13.9. The monoisotopic (exact) mass is 286 g/mol. The van der Waals surface area contributed by atoms with Crippen LogP contribution in [0.25, 0.3) is 11.5 Å². The Morgan fingerprint density at radius 1 is 1.15 bits per heavy atom. The number of hydrogen-bond acceptors (Lipinski definition) is 5. The summed E-state index contributed by atoms with van der Waals surface area (Å²) >= 11 is 5.85. The van der Waals surface area contributed by atoms with Crippen molar-refractivity contribution in [1.29, 1.82) is 0 Å². The van der Waals surface area contributed by atoms with Crippen LogP contribution in [0.4, 0.5) is 5.82 Å². The van der Waals surface area contributed by atoms with E-state index in [1.54, 1.807) is 18.3 Å². The summed E-state index contributed by atoms with van der Waals surface area (Å²) in [5.74, 6) is 1.46. The van der Waals surface area contributed by atoms with Crippen LogP contribution in [0.15, 0.2) is 47.1 Å². The summed E-state index contributed by atoms with van der Waals surface area (Å²) in [4.78, 5) is 8.27. The van der Waals surface area contributed by atoms with Crippen molar-refractivity contribution in [2.45, 2.75) is 6.42 Å². The van der Waals surface area contributed by atoms with Crippen LogP contribution in [0.3, 0.4) is 0 Å². The second kappa shape index (κ2) is 5.30. The molecule has 20 heavy (non-hydrogen) atoms. The third-order valence-corrected chi connectivity index (χ3v) is 3.02. The summed E-state index contributed by atoms with van der Waals surface area (Å²) in [5, 5.41) is 4.66. The molecule has 5 nitrogen and oxygen atoms in total. The number of nitrogen functional groups attached to an aromatic ring is 1. The molecule has 0 atom stereocenters. The van der Waals surface area contributed by atoms with Gasteiger partial charge in [-0.05, 0) is 29.8 Å². The third-order valence-electron chi connectivity index (χ3n) is 2.77. The molecule has 0 radical (unpaired) electrons. The van der Waals surface area contributed by atoms with Gasteiger partial charge in [0.2, 0.25) is 0 Å². The highest BCUT2D eigenvalue weighted by Crippen LogP contribution is 2.19. The van der Waals surface area contributed by atoms with E-state index in [0.29, 0.717) is 29.0 Å². The van der Waals surface area contributed by atoms with Crippen molar-refractivity contribution in [2.75, 3.05) is 5.73 Å². The van der Waals surface area contributed by atoms with Crippen LogP contribution in [0, 0.1) is 0 Å². The lowest BCUT2D eigenvalue weighted by Gasteiger charge is -1.96. The summed E-state index contributed by atoms with van der Waals surface area (Å²) in [5.41, 5.74) is 7.45. The van der Waals surface area contributed by atoms with Crippen molar-refractivity contribution < 1.29 is 4.52 Å². The molecule has 0 saturated heterocycles. The van der Waals surface area contributed by atoms with Gasteiger partial charge in [-0.1, -0.05) is 28.9 Å². The van der Waals surface area contributed by atoms with E-state index in [2.05, 4.69) is 15.1 Å². The molecule has 0 saturated carbocycles. The molecule has 6 heteroatoms. The second-order valence-corrected chi connectivity index (χ2v) is 4.72. The van der Waals surface area contributed by atoms with E-state index in [4.69, 9.17) is 21.9 Å². The molecule has 1 aromatic carbocycles. The Hall–Kier alpha value is -2.40. The largest absolute Gasteiger partial charge is 0.384 e. The highest BCUT2D eigenvalue weighted by Gasteiger charge is 2.09. The van der Waals surface area contributed by atoms with Gasteiger partial charge in [-0.15, -0.1) is 0 Å². The van der Waals surface area contributed by atoms with Crippen molar-refractivity contribution >= 4 is 17.4 Å². The summed E-state index contributed by atoms with van der Waals surface area (Å²) in [6, 6.07) is 11.0. The van der Waals surface area contributed by atoms with Gasteiger partial charge in [0.05, 0.1) is 0 Å². The normalized spacial score (nSPS) is 10.7. The lowest BCUT2D eigenvalue weighted by Crippen LogP contribution is -1.91. The van der Waals surface area contributed by atoms with Gasteiger partial charge in [0.25, 0.3) is 5.89 Å². The lowest BCUT2D eigenvalue weighted by molar-refractivity contribution is 0.424. The van der Waals surface area contributed by atoms with Gasteiger partial charge in [0.15, 0.2) is 5.82 Å². The second-order valence-electron chi connectivity index (χ2n) is 4.29. The molecule has 0 amide bonds. The van der Waals surface area contributed by atoms with Crippen molar-refractivity contribution in [2.24, 2.45) is 0 Å². The van der Waals surface area contributed by atoms with Gasteiger partial charge < -0.3 is 10.3 Å². The molecule has 3 rings (SSSR count). The molecule has 2 N–H and O–H groups in total. The molecule has 2 heterocycles. The minimum atomic E-state index is 0.417. The Bertz CT molecular complexity index is 724. The zero-order valence-electron chi connectivity index (χ0n) is 10.5. The van der Waals surface area contributed by atoms with Crippen LogP contribution in [0.1, 0.15) is 11.4 Å². The van der Waals surface area contributed by atoms with Gasteiger partial charge in [0, 0.05) is 23.2 Å². The summed E-state index contributed by atoms with van der Waals surface area (Å²) in [6.07, 6.45) is 2.19. The first-order chi connectivity index (χ1) is 9.70. The maximum absolute atomic E-state index is 5.85. The quantitative estimate of drug-likeness (QED) is 0.801. The first-order valence-electron chi connectivity index (χ1n) is 5.99. The summed E-state index contributed by atoms with van der Waals surface area (Å²) < 4.78 is 5.23. The number of nitrogens with two attached hydrogens (primary N) is 1. The fourth-order valence-corrected chi connectivity index (χ4v) is 1.94. The van der Waals surface area contributed by atoms with E-state index in [0.717, 1.165) is 11.1 Å². The van der Waals surface area contributed by atoms with E-state index in [1.807, 2.05) is 24.3 Å². The number of halogens is 1. The molecule has 0 aliphatic rings. The SMILES string of the molecule is Nc1cc(-c2nc(Cc3ccc(Cl)cc3)no2)ccn1. The fraction of sp³-hybridized carbons (Fsp3) is 0.0714. The first kappa shape index (κ1) is 12.6. The van der Waals surface area contributed by atoms with E-state index in [9.17, 15) is 0 Å². The van der Waals surface area contributed by atoms with E-state index >= 15 is 0 Å². The molecule has 0 spiro atoms. The van der Waals surface area contributed by atoms with Crippen LogP contribution in [0.5, 0.6) is 0 Å². The number of benzene rings is 1. The molecule has 0 unspecified atom stereocenters. The van der Waals surface area contributed by atoms with Gasteiger partial charge in [-0.25, -0.2) is 4.98 Å². The van der Waals surface area contributed by atoms with E-state index in [1.165, 1.54) is 0 Å². The molecule has 0 aliphatic carbocycles. The average Bonchev–Trinajstić information content (AvgIpc) is 2.90. The van der Waals surface area contributed by atoms with Gasteiger partial charge >= 0.3 is 0 Å². The molecular formula is C14H11ClN4O. The molecule has 0 aliphatic heterocycles. The Balaban J connectivity index is 1.82. The number of aromatic nitrogens is 3. The number of pyridine rings is 1. The highest BCUT2D eigenvalue weighted by atomic mass is 35.5. The molecule has 0 bridgehead atoms. The highest BCUT2D eigenvalue weighted by molar-refractivity contribution is 6.30. The summed E-state index contributed by atoms with van der Waals surface area (Å²) in [6.45, 7) is 0. The van der Waals surface area contributed by atoms with Crippen LogP contribution >= 0.6 is 11.6 Å². The minimum absolute atomic E-state index is 0.417. The van der Waals surface area contributed by atoms with Crippen LogP contribution in [-0.4, -0.2) is 15.1 Å². The number of nitrogens with zero attached hydrogens (tertiary/aromatic N) is 3.